The number of cyclic esters (lactones) is 1. The van der Waals surface area contributed by atoms with Crippen molar-refractivity contribution < 1.29 is 27.4 Å². The molecule has 154 valence electrons. The summed E-state index contributed by atoms with van der Waals surface area (Å²) in [7, 11) is -3.10. The number of amides is 1. The van der Waals surface area contributed by atoms with E-state index in [9.17, 15) is 22.7 Å². The molecule has 9 nitrogen and oxygen atoms in total. The van der Waals surface area contributed by atoms with Crippen LogP contribution in [0.25, 0.3) is 5.57 Å². The highest BCUT2D eigenvalue weighted by Crippen LogP contribution is 2.31. The summed E-state index contributed by atoms with van der Waals surface area (Å²) in [5.41, 5.74) is 1.28. The average Bonchev–Trinajstić information content (AvgIpc) is 3.33. The fraction of sp³-hybridized carbons (Fsp3) is 0.389. The van der Waals surface area contributed by atoms with Gasteiger partial charge in [0, 0.05) is 11.8 Å². The number of hydrogen-bond acceptors (Lipinski definition) is 7. The molecule has 0 saturated carbocycles. The van der Waals surface area contributed by atoms with Gasteiger partial charge in [0.25, 0.3) is 0 Å². The minimum absolute atomic E-state index is 0.00894. The molecule has 1 unspecified atom stereocenters. The third kappa shape index (κ3) is 3.87. The van der Waals surface area contributed by atoms with Gasteiger partial charge in [0.15, 0.2) is 9.84 Å². The van der Waals surface area contributed by atoms with Gasteiger partial charge in [-0.25, -0.2) is 22.3 Å². The highest BCUT2D eigenvalue weighted by molar-refractivity contribution is 7.91. The Bertz CT molecular complexity index is 1050. The smallest absolute Gasteiger partial charge is 0.414 e. The van der Waals surface area contributed by atoms with Gasteiger partial charge in [-0.05, 0) is 30.2 Å². The molecule has 2 aliphatic heterocycles. The van der Waals surface area contributed by atoms with Gasteiger partial charge in [-0.2, -0.15) is 0 Å². The predicted octanol–water partition coefficient (Wildman–Crippen LogP) is 1.18. The van der Waals surface area contributed by atoms with Crippen molar-refractivity contribution in [2.75, 3.05) is 29.6 Å². The first-order valence-electron chi connectivity index (χ1n) is 9.02. The molecule has 1 aromatic heterocycles. The Morgan fingerprint density at radius 2 is 2.21 bits per heavy atom. The van der Waals surface area contributed by atoms with E-state index >= 15 is 0 Å². The van der Waals surface area contributed by atoms with Crippen molar-refractivity contribution in [2.24, 2.45) is 0 Å². The van der Waals surface area contributed by atoms with Crippen LogP contribution in [-0.2, 0) is 14.6 Å². The highest BCUT2D eigenvalue weighted by atomic mass is 32.2. The number of carbonyl (C=O) groups is 1. The van der Waals surface area contributed by atoms with Crippen molar-refractivity contribution in [3.05, 3.63) is 48.0 Å². The lowest BCUT2D eigenvalue weighted by atomic mass is 10.0. The topological polar surface area (TPSA) is 115 Å². The molecule has 2 aliphatic rings. The van der Waals surface area contributed by atoms with Crippen molar-refractivity contribution >= 4 is 27.2 Å². The van der Waals surface area contributed by atoms with E-state index in [2.05, 4.69) is 10.3 Å². The standard InChI is InChI=1S/C18H19FN4O5S/c19-15-9-13(1-2-14(15)12-3-7-29(26,27)8-4-12)22-10-17(28-18(22)25)16(11-24)23-6-5-20-21-23/h1-3,5-6,9,16-17,24H,4,7-8,10-11H2/t16?,17-/m1/s1. The van der Waals surface area contributed by atoms with Crippen LogP contribution >= 0.6 is 0 Å². The fourth-order valence-electron chi connectivity index (χ4n) is 3.52. The fourth-order valence-corrected chi connectivity index (χ4v) is 4.67. The number of nitrogens with zero attached hydrogens (tertiary/aromatic N) is 4. The first kappa shape index (κ1) is 19.5. The number of benzene rings is 1. The summed E-state index contributed by atoms with van der Waals surface area (Å²) >= 11 is 0. The maximum Gasteiger partial charge on any atom is 0.414 e. The van der Waals surface area contributed by atoms with Crippen molar-refractivity contribution in [3.8, 4) is 0 Å². The van der Waals surface area contributed by atoms with E-state index in [1.165, 1.54) is 34.0 Å². The van der Waals surface area contributed by atoms with Crippen molar-refractivity contribution in [1.29, 1.82) is 0 Å². The number of carbonyl (C=O) groups excluding carboxylic acids is 1. The summed E-state index contributed by atoms with van der Waals surface area (Å²) in [6.45, 7) is -0.191. The minimum Gasteiger partial charge on any atom is -0.442 e. The molecule has 4 rings (SSSR count). The second-order valence-corrected chi connectivity index (χ2v) is 9.15. The number of anilines is 1. The van der Waals surface area contributed by atoms with Crippen LogP contribution in [0.15, 0.2) is 36.7 Å². The molecule has 3 heterocycles. The largest absolute Gasteiger partial charge is 0.442 e. The van der Waals surface area contributed by atoms with E-state index in [0.717, 1.165) is 0 Å². The Kier molecular flexibility index (Phi) is 5.09. The number of allylic oxidation sites excluding steroid dienone is 1. The Morgan fingerprint density at radius 3 is 2.83 bits per heavy atom. The molecule has 2 aromatic rings. The second kappa shape index (κ2) is 7.56. The number of aliphatic hydroxyl groups excluding tert-OH is 1. The van der Waals surface area contributed by atoms with Gasteiger partial charge in [-0.3, -0.25) is 4.90 Å². The van der Waals surface area contributed by atoms with Crippen LogP contribution in [0.3, 0.4) is 0 Å². The van der Waals surface area contributed by atoms with E-state index in [1.54, 1.807) is 12.3 Å². The molecule has 2 atom stereocenters. The van der Waals surface area contributed by atoms with Crippen LogP contribution in [0.1, 0.15) is 18.0 Å². The van der Waals surface area contributed by atoms with Gasteiger partial charge in [0.05, 0.1) is 36.5 Å². The molecule has 29 heavy (non-hydrogen) atoms. The lowest BCUT2D eigenvalue weighted by Gasteiger charge is -2.20. The van der Waals surface area contributed by atoms with Gasteiger partial charge in [0.1, 0.15) is 18.0 Å². The quantitative estimate of drug-likeness (QED) is 0.769. The van der Waals surface area contributed by atoms with E-state index in [1.807, 2.05) is 0 Å². The molecule has 0 bridgehead atoms. The monoisotopic (exact) mass is 422 g/mol. The molecular weight excluding hydrogens is 403 g/mol. The van der Waals surface area contributed by atoms with Crippen molar-refractivity contribution in [1.82, 2.24) is 15.0 Å². The maximum atomic E-state index is 14.7. The Hall–Kier alpha value is -2.79. The van der Waals surface area contributed by atoms with E-state index < -0.39 is 33.9 Å². The Labute approximate surface area is 166 Å². The predicted molar refractivity (Wildman–Crippen MR) is 101 cm³/mol. The van der Waals surface area contributed by atoms with Crippen LogP contribution in [0.4, 0.5) is 14.9 Å². The van der Waals surface area contributed by atoms with Gasteiger partial charge in [-0.1, -0.05) is 11.3 Å². The number of aliphatic hydroxyl groups is 1. The van der Waals surface area contributed by atoms with Crippen LogP contribution in [0, 0.1) is 5.82 Å². The third-order valence-corrected chi connectivity index (χ3v) is 6.61. The highest BCUT2D eigenvalue weighted by Gasteiger charge is 2.38. The number of ether oxygens (including phenoxy) is 1. The molecule has 0 aliphatic carbocycles. The summed E-state index contributed by atoms with van der Waals surface area (Å²) in [6.07, 6.45) is 3.47. The van der Waals surface area contributed by atoms with E-state index in [0.29, 0.717) is 16.8 Å². The average molecular weight is 422 g/mol. The van der Waals surface area contributed by atoms with Crippen molar-refractivity contribution in [3.63, 3.8) is 0 Å². The molecular formula is C18H19FN4O5S. The molecule has 1 amide bonds. The molecule has 11 heteroatoms. The van der Waals surface area contributed by atoms with E-state index in [-0.39, 0.29) is 31.1 Å². The zero-order valence-corrected chi connectivity index (χ0v) is 16.1. The number of hydrogen-bond donors (Lipinski definition) is 1. The van der Waals surface area contributed by atoms with Crippen molar-refractivity contribution in [2.45, 2.75) is 18.6 Å². The molecule has 1 aromatic carbocycles. The molecule has 1 saturated heterocycles. The second-order valence-electron chi connectivity index (χ2n) is 6.92. The number of rotatable bonds is 5. The number of sulfone groups is 1. The summed E-state index contributed by atoms with van der Waals surface area (Å²) in [6, 6.07) is 3.75. The van der Waals surface area contributed by atoms with Gasteiger partial charge < -0.3 is 9.84 Å². The van der Waals surface area contributed by atoms with Gasteiger partial charge in [-0.15, -0.1) is 5.10 Å². The number of aromatic nitrogens is 3. The van der Waals surface area contributed by atoms with Crippen LogP contribution in [0.5, 0.6) is 0 Å². The maximum absolute atomic E-state index is 14.7. The zero-order chi connectivity index (χ0) is 20.6. The molecule has 1 fully saturated rings. The molecule has 1 N–H and O–H groups in total. The Morgan fingerprint density at radius 1 is 1.38 bits per heavy atom. The van der Waals surface area contributed by atoms with Gasteiger partial charge >= 0.3 is 6.09 Å². The zero-order valence-electron chi connectivity index (χ0n) is 15.3. The Balaban J connectivity index is 1.54. The summed E-state index contributed by atoms with van der Waals surface area (Å²) < 4.78 is 44.6. The van der Waals surface area contributed by atoms with Crippen LogP contribution < -0.4 is 4.90 Å². The summed E-state index contributed by atoms with van der Waals surface area (Å²) in [5.74, 6) is -0.654. The minimum atomic E-state index is -3.10. The number of halogens is 1. The molecule has 0 radical (unpaired) electrons. The van der Waals surface area contributed by atoms with Crippen LogP contribution in [-0.4, -0.2) is 65.4 Å². The first-order chi connectivity index (χ1) is 13.9. The summed E-state index contributed by atoms with van der Waals surface area (Å²) in [4.78, 5) is 13.6. The summed E-state index contributed by atoms with van der Waals surface area (Å²) in [5, 5.41) is 17.2. The van der Waals surface area contributed by atoms with Crippen LogP contribution in [0.2, 0.25) is 0 Å². The lowest BCUT2D eigenvalue weighted by molar-refractivity contribution is 0.0734. The normalized spacial score (nSPS) is 22.3. The van der Waals surface area contributed by atoms with Gasteiger partial charge in [0.2, 0.25) is 0 Å². The third-order valence-electron chi connectivity index (χ3n) is 5.11. The van der Waals surface area contributed by atoms with E-state index in [4.69, 9.17) is 4.74 Å². The molecule has 0 spiro atoms. The first-order valence-corrected chi connectivity index (χ1v) is 10.8. The SMILES string of the molecule is O=C1O[C@@H](C(CO)n2ccnn2)CN1c1ccc(C2=CCS(=O)(=O)CC2)c(F)c1. The lowest BCUT2D eigenvalue weighted by Crippen LogP contribution is -2.32.